The van der Waals surface area contributed by atoms with Crippen molar-refractivity contribution in [3.63, 3.8) is 0 Å². The zero-order valence-electron chi connectivity index (χ0n) is 12.4. The second-order valence-corrected chi connectivity index (χ2v) is 5.49. The van der Waals surface area contributed by atoms with E-state index in [0.29, 0.717) is 18.2 Å². The Morgan fingerprint density at radius 3 is 2.71 bits per heavy atom. The summed E-state index contributed by atoms with van der Waals surface area (Å²) in [5, 5.41) is 6.72. The molecule has 0 aliphatic heterocycles. The molecule has 0 saturated carbocycles. The van der Waals surface area contributed by atoms with E-state index in [1.54, 1.807) is 0 Å². The van der Waals surface area contributed by atoms with Crippen LogP contribution in [0.15, 0.2) is 40.9 Å². The lowest BCUT2D eigenvalue weighted by molar-refractivity contribution is -0.122. The Labute approximate surface area is 124 Å². The van der Waals surface area contributed by atoms with Gasteiger partial charge in [-0.15, -0.1) is 0 Å². The summed E-state index contributed by atoms with van der Waals surface area (Å²) in [7, 11) is 0. The van der Waals surface area contributed by atoms with Crippen molar-refractivity contribution in [2.45, 2.75) is 32.9 Å². The third kappa shape index (κ3) is 4.43. The van der Waals surface area contributed by atoms with Gasteiger partial charge < -0.3 is 15.6 Å². The summed E-state index contributed by atoms with van der Waals surface area (Å²) in [6.07, 6.45) is 0.838. The summed E-state index contributed by atoms with van der Waals surface area (Å²) in [4.78, 5) is 12.0. The lowest BCUT2D eigenvalue weighted by atomic mass is 10.1. The van der Waals surface area contributed by atoms with E-state index in [2.05, 4.69) is 24.3 Å². The van der Waals surface area contributed by atoms with E-state index in [0.717, 1.165) is 17.7 Å². The van der Waals surface area contributed by atoms with E-state index >= 15 is 0 Å². The number of carbonyl (C=O) groups excluding carboxylic acids is 1. The first kappa shape index (κ1) is 15.3. The monoisotopic (exact) mass is 287 g/mol. The quantitative estimate of drug-likeness (QED) is 0.853. The van der Waals surface area contributed by atoms with Crippen molar-refractivity contribution in [1.29, 1.82) is 0 Å². The minimum atomic E-state index is -0.673. The fourth-order valence-electron chi connectivity index (χ4n) is 2.04. The molecule has 1 amide bonds. The van der Waals surface area contributed by atoms with Crippen LogP contribution >= 0.6 is 0 Å². The summed E-state index contributed by atoms with van der Waals surface area (Å²) in [6, 6.07) is 10.5. The minimum absolute atomic E-state index is 0.227. The van der Waals surface area contributed by atoms with Gasteiger partial charge in [-0.05, 0) is 11.5 Å². The van der Waals surface area contributed by atoms with Gasteiger partial charge in [-0.1, -0.05) is 49.3 Å². The molecule has 3 N–H and O–H groups in total. The molecule has 0 saturated heterocycles. The SMILES string of the molecule is CC(C)Cc1cc(CNC(=O)[C@H](N)c2ccccc2)no1. The first-order chi connectivity index (χ1) is 10.1. The lowest BCUT2D eigenvalue weighted by Gasteiger charge is -2.11. The number of nitrogens with zero attached hydrogens (tertiary/aromatic N) is 1. The topological polar surface area (TPSA) is 81.2 Å². The fourth-order valence-corrected chi connectivity index (χ4v) is 2.04. The minimum Gasteiger partial charge on any atom is -0.361 e. The van der Waals surface area contributed by atoms with E-state index < -0.39 is 6.04 Å². The highest BCUT2D eigenvalue weighted by atomic mass is 16.5. The molecule has 2 rings (SSSR count). The second-order valence-electron chi connectivity index (χ2n) is 5.49. The summed E-state index contributed by atoms with van der Waals surface area (Å²) >= 11 is 0. The molecule has 0 aliphatic carbocycles. The fraction of sp³-hybridized carbons (Fsp3) is 0.375. The highest BCUT2D eigenvalue weighted by Gasteiger charge is 2.15. The van der Waals surface area contributed by atoms with Gasteiger partial charge in [0.2, 0.25) is 5.91 Å². The second kappa shape index (κ2) is 7.04. The van der Waals surface area contributed by atoms with Gasteiger partial charge in [0, 0.05) is 12.5 Å². The van der Waals surface area contributed by atoms with Crippen LogP contribution in [0.1, 0.15) is 36.9 Å². The molecule has 21 heavy (non-hydrogen) atoms. The number of hydrogen-bond acceptors (Lipinski definition) is 4. The highest BCUT2D eigenvalue weighted by molar-refractivity contribution is 5.82. The summed E-state index contributed by atoms with van der Waals surface area (Å²) < 4.78 is 5.22. The smallest absolute Gasteiger partial charge is 0.241 e. The molecule has 2 aromatic rings. The van der Waals surface area contributed by atoms with E-state index in [4.69, 9.17) is 10.3 Å². The summed E-state index contributed by atoms with van der Waals surface area (Å²) in [5.74, 6) is 1.11. The molecule has 0 radical (unpaired) electrons. The Morgan fingerprint density at radius 1 is 1.33 bits per heavy atom. The van der Waals surface area contributed by atoms with Crippen LogP contribution in [0.4, 0.5) is 0 Å². The zero-order chi connectivity index (χ0) is 15.2. The van der Waals surface area contributed by atoms with Gasteiger partial charge in [-0.2, -0.15) is 0 Å². The van der Waals surface area contributed by atoms with Crippen molar-refractivity contribution in [3.8, 4) is 0 Å². The van der Waals surface area contributed by atoms with E-state index in [1.165, 1.54) is 0 Å². The number of carbonyl (C=O) groups is 1. The third-order valence-corrected chi connectivity index (χ3v) is 3.10. The Balaban J connectivity index is 1.88. The van der Waals surface area contributed by atoms with Crippen molar-refractivity contribution < 1.29 is 9.32 Å². The average molecular weight is 287 g/mol. The molecule has 1 aromatic carbocycles. The maximum absolute atomic E-state index is 12.0. The first-order valence-corrected chi connectivity index (χ1v) is 7.09. The number of amides is 1. The molecule has 5 heteroatoms. The molecule has 5 nitrogen and oxygen atoms in total. The predicted octanol–water partition coefficient (Wildman–Crippen LogP) is 2.19. The number of nitrogens with one attached hydrogen (secondary N) is 1. The lowest BCUT2D eigenvalue weighted by Crippen LogP contribution is -2.33. The van der Waals surface area contributed by atoms with Crippen LogP contribution in [-0.2, 0) is 17.8 Å². The van der Waals surface area contributed by atoms with Crippen LogP contribution < -0.4 is 11.1 Å². The van der Waals surface area contributed by atoms with Crippen LogP contribution in [0, 0.1) is 5.92 Å². The molecule has 1 aromatic heterocycles. The number of nitrogens with two attached hydrogens (primary N) is 1. The molecule has 0 bridgehead atoms. The van der Waals surface area contributed by atoms with Gasteiger partial charge in [0.15, 0.2) is 0 Å². The largest absolute Gasteiger partial charge is 0.361 e. The normalized spacial score (nSPS) is 12.4. The molecular weight excluding hydrogens is 266 g/mol. The van der Waals surface area contributed by atoms with Crippen LogP contribution in [0.3, 0.4) is 0 Å². The van der Waals surface area contributed by atoms with Crippen LogP contribution in [0.2, 0.25) is 0 Å². The number of hydrogen-bond donors (Lipinski definition) is 2. The van der Waals surface area contributed by atoms with Gasteiger partial charge in [0.05, 0.1) is 6.54 Å². The van der Waals surface area contributed by atoms with E-state index in [1.807, 2.05) is 36.4 Å². The third-order valence-electron chi connectivity index (χ3n) is 3.10. The van der Waals surface area contributed by atoms with Crippen molar-refractivity contribution >= 4 is 5.91 Å². The first-order valence-electron chi connectivity index (χ1n) is 7.09. The maximum atomic E-state index is 12.0. The molecule has 0 unspecified atom stereocenters. The predicted molar refractivity (Wildman–Crippen MR) is 80.3 cm³/mol. The molecule has 0 fully saturated rings. The highest BCUT2D eigenvalue weighted by Crippen LogP contribution is 2.11. The Hall–Kier alpha value is -2.14. The van der Waals surface area contributed by atoms with Crippen LogP contribution in [0.25, 0.3) is 0 Å². The molecule has 112 valence electrons. The number of aromatic nitrogens is 1. The van der Waals surface area contributed by atoms with Gasteiger partial charge >= 0.3 is 0 Å². The summed E-state index contributed by atoms with van der Waals surface area (Å²) in [6.45, 7) is 4.55. The molecule has 0 aliphatic rings. The van der Waals surface area contributed by atoms with Crippen molar-refractivity contribution in [2.24, 2.45) is 11.7 Å². The number of benzene rings is 1. The van der Waals surface area contributed by atoms with Crippen LogP contribution in [-0.4, -0.2) is 11.1 Å². The van der Waals surface area contributed by atoms with Gasteiger partial charge in [-0.3, -0.25) is 4.79 Å². The number of rotatable bonds is 6. The molecule has 0 spiro atoms. The Bertz CT molecular complexity index is 578. The van der Waals surface area contributed by atoms with Gasteiger partial charge in [0.25, 0.3) is 0 Å². The van der Waals surface area contributed by atoms with E-state index in [-0.39, 0.29) is 5.91 Å². The average Bonchev–Trinajstić information content (AvgIpc) is 2.91. The van der Waals surface area contributed by atoms with Crippen molar-refractivity contribution in [2.75, 3.05) is 0 Å². The Kier molecular flexibility index (Phi) is 5.11. The molecular formula is C16H21N3O2. The summed E-state index contributed by atoms with van der Waals surface area (Å²) in [5.41, 5.74) is 7.41. The van der Waals surface area contributed by atoms with Crippen molar-refractivity contribution in [3.05, 3.63) is 53.4 Å². The standard InChI is InChI=1S/C16H21N3O2/c1-11(2)8-14-9-13(19-21-14)10-18-16(20)15(17)12-6-4-3-5-7-12/h3-7,9,11,15H,8,10,17H2,1-2H3,(H,18,20)/t15-/m1/s1. The molecule has 1 atom stereocenters. The van der Waals surface area contributed by atoms with Crippen molar-refractivity contribution in [1.82, 2.24) is 10.5 Å². The van der Waals surface area contributed by atoms with E-state index in [9.17, 15) is 4.79 Å². The maximum Gasteiger partial charge on any atom is 0.241 e. The van der Waals surface area contributed by atoms with Crippen LogP contribution in [0.5, 0.6) is 0 Å². The van der Waals surface area contributed by atoms with Gasteiger partial charge in [0.1, 0.15) is 17.5 Å². The van der Waals surface area contributed by atoms with Gasteiger partial charge in [-0.25, -0.2) is 0 Å². The Morgan fingerprint density at radius 2 is 2.05 bits per heavy atom. The zero-order valence-corrected chi connectivity index (χ0v) is 12.4. The molecule has 1 heterocycles.